The number of hydrogen-bond donors (Lipinski definition) is 0. The molecule has 3 aliphatic rings. The van der Waals surface area contributed by atoms with Gasteiger partial charge in [0.25, 0.3) is 17.5 Å². The molecule has 1 aliphatic heterocycles. The van der Waals surface area contributed by atoms with E-state index < -0.39 is 50.9 Å². The molecule has 0 aromatic heterocycles. The fourth-order valence-electron chi connectivity index (χ4n) is 5.06. The number of hydrogen-bond acceptors (Lipinski definition) is 9. The Morgan fingerprint density at radius 2 is 1.68 bits per heavy atom. The smallest absolute Gasteiger partial charge is 0.336 e. The molecule has 0 N–H and O–H groups in total. The molecule has 0 spiro atoms. The van der Waals surface area contributed by atoms with E-state index in [1.54, 1.807) is 0 Å². The molecule has 1 saturated heterocycles. The van der Waals surface area contributed by atoms with Gasteiger partial charge in [0, 0.05) is 29.8 Å². The fraction of sp³-hybridized carbons (Fsp3) is 0.200. The van der Waals surface area contributed by atoms with Crippen molar-refractivity contribution in [1.29, 1.82) is 0 Å². The Labute approximate surface area is 208 Å². The third-order valence-electron chi connectivity index (χ3n) is 6.68. The van der Waals surface area contributed by atoms with Gasteiger partial charge in [-0.25, -0.2) is 4.79 Å². The van der Waals surface area contributed by atoms with Crippen molar-refractivity contribution in [1.82, 2.24) is 5.01 Å². The molecule has 2 fully saturated rings. The van der Waals surface area contributed by atoms with Crippen LogP contribution in [0.4, 0.5) is 11.4 Å². The lowest BCUT2D eigenvalue weighted by molar-refractivity contribution is -0.385. The first kappa shape index (κ1) is 23.7. The van der Waals surface area contributed by atoms with Crippen LogP contribution in [0.15, 0.2) is 65.8 Å². The monoisotopic (exact) mass is 502 g/mol. The largest absolute Gasteiger partial charge is 0.415 e. The molecule has 0 radical (unpaired) electrons. The summed E-state index contributed by atoms with van der Waals surface area (Å²) in [5.74, 6) is -3.18. The summed E-state index contributed by atoms with van der Waals surface area (Å²) in [6.07, 6.45) is 7.97. The van der Waals surface area contributed by atoms with Gasteiger partial charge in [0.1, 0.15) is 0 Å². The third-order valence-corrected chi connectivity index (χ3v) is 6.68. The lowest BCUT2D eigenvalue weighted by atomic mass is 9.85. The van der Waals surface area contributed by atoms with Crippen LogP contribution >= 0.6 is 0 Å². The predicted molar refractivity (Wildman–Crippen MR) is 128 cm³/mol. The van der Waals surface area contributed by atoms with Crippen molar-refractivity contribution in [2.24, 2.45) is 28.8 Å². The number of amides is 2. The molecule has 1 saturated carbocycles. The zero-order valence-corrected chi connectivity index (χ0v) is 19.0. The van der Waals surface area contributed by atoms with Crippen molar-refractivity contribution in [2.45, 2.75) is 6.42 Å². The molecule has 2 aromatic rings. The third kappa shape index (κ3) is 4.29. The Morgan fingerprint density at radius 3 is 2.32 bits per heavy atom. The molecule has 4 atom stereocenters. The van der Waals surface area contributed by atoms with E-state index in [9.17, 15) is 34.6 Å². The average Bonchev–Trinajstić information content (AvgIpc) is 3.56. The maximum absolute atomic E-state index is 12.8. The lowest BCUT2D eigenvalue weighted by Gasteiger charge is -2.13. The molecular weight excluding hydrogens is 484 g/mol. The Kier molecular flexibility index (Phi) is 5.91. The van der Waals surface area contributed by atoms with E-state index in [1.807, 2.05) is 12.2 Å². The van der Waals surface area contributed by atoms with Crippen LogP contribution in [0.2, 0.25) is 0 Å². The van der Waals surface area contributed by atoms with Gasteiger partial charge in [-0.3, -0.25) is 29.8 Å². The van der Waals surface area contributed by atoms with Gasteiger partial charge in [-0.15, -0.1) is 0 Å². The summed E-state index contributed by atoms with van der Waals surface area (Å²) in [6.45, 7) is 0. The highest BCUT2D eigenvalue weighted by atomic mass is 16.6. The van der Waals surface area contributed by atoms with E-state index in [4.69, 9.17) is 4.74 Å². The molecule has 2 bridgehead atoms. The summed E-state index contributed by atoms with van der Waals surface area (Å²) >= 11 is 0. The number of rotatable bonds is 7. The highest BCUT2D eigenvalue weighted by molar-refractivity contribution is 6.07. The topological polar surface area (TPSA) is 162 Å². The SMILES string of the molecule is O=C(/C=C/c1cccc([N+](=O)[O-])c1)Oc1c(C=NN2C(=O)[C@@H]3[C@H](C2=O)[C@H]2C=C[C@H]3C2)cccc1[N+](=O)[O-]. The summed E-state index contributed by atoms with van der Waals surface area (Å²) in [5.41, 5.74) is -0.355. The minimum Gasteiger partial charge on any atom is -0.415 e. The predicted octanol–water partition coefficient (Wildman–Crippen LogP) is 3.26. The highest BCUT2D eigenvalue weighted by Gasteiger charge is 2.59. The van der Waals surface area contributed by atoms with Gasteiger partial charge >= 0.3 is 11.7 Å². The van der Waals surface area contributed by atoms with Crippen LogP contribution in [0.1, 0.15) is 17.5 Å². The summed E-state index contributed by atoms with van der Waals surface area (Å²) in [7, 11) is 0. The molecule has 5 rings (SSSR count). The normalized spacial score (nSPS) is 23.8. The number of allylic oxidation sites excluding steroid dienone is 2. The van der Waals surface area contributed by atoms with Gasteiger partial charge in [-0.1, -0.05) is 30.4 Å². The first-order valence-electron chi connectivity index (χ1n) is 11.3. The van der Waals surface area contributed by atoms with Gasteiger partial charge in [-0.05, 0) is 36.0 Å². The zero-order chi connectivity index (χ0) is 26.3. The van der Waals surface area contributed by atoms with Crippen molar-refractivity contribution in [2.75, 3.05) is 0 Å². The molecule has 12 heteroatoms. The molecule has 2 amide bonds. The van der Waals surface area contributed by atoms with Crippen LogP contribution in [0.5, 0.6) is 5.75 Å². The maximum atomic E-state index is 12.8. The van der Waals surface area contributed by atoms with E-state index in [1.165, 1.54) is 42.5 Å². The minimum absolute atomic E-state index is 0.00110. The number of carbonyl (C=O) groups excluding carboxylic acids is 3. The van der Waals surface area contributed by atoms with Crippen molar-refractivity contribution < 1.29 is 29.0 Å². The molecule has 12 nitrogen and oxygen atoms in total. The number of esters is 1. The van der Waals surface area contributed by atoms with E-state index >= 15 is 0 Å². The summed E-state index contributed by atoms with van der Waals surface area (Å²) in [4.78, 5) is 59.3. The second-order valence-corrected chi connectivity index (χ2v) is 8.79. The summed E-state index contributed by atoms with van der Waals surface area (Å²) in [5, 5.41) is 27.3. The van der Waals surface area contributed by atoms with Crippen LogP contribution in [-0.4, -0.2) is 38.9 Å². The number of para-hydroxylation sites is 1. The summed E-state index contributed by atoms with van der Waals surface area (Å²) in [6, 6.07) is 9.37. The van der Waals surface area contributed by atoms with E-state index in [2.05, 4.69) is 5.10 Å². The molecular formula is C25H18N4O8. The van der Waals surface area contributed by atoms with Crippen LogP contribution in [0.3, 0.4) is 0 Å². The van der Waals surface area contributed by atoms with Gasteiger partial charge in [0.15, 0.2) is 0 Å². The van der Waals surface area contributed by atoms with Crippen LogP contribution in [-0.2, 0) is 14.4 Å². The summed E-state index contributed by atoms with van der Waals surface area (Å²) < 4.78 is 5.23. The van der Waals surface area contributed by atoms with Crippen molar-refractivity contribution >= 4 is 41.4 Å². The van der Waals surface area contributed by atoms with Gasteiger partial charge in [0.2, 0.25) is 5.75 Å². The standard InChI is InChI=1S/C25H18N4O8/c30-20(10-7-14-3-1-5-18(11-14)28(33)34)37-23-17(4-2-6-19(23)29(35)36)13-26-27-24(31)21-15-8-9-16(12-15)22(21)25(27)32/h1-11,13,15-16,21-22H,12H2/b10-7+,26-13?/t15-,16-,21-,22+/m0/s1. The number of imide groups is 1. The van der Waals surface area contributed by atoms with E-state index in [0.717, 1.165) is 29.8 Å². The number of ether oxygens (including phenoxy) is 1. The lowest BCUT2D eigenvalue weighted by Crippen LogP contribution is -2.28. The molecule has 2 aliphatic carbocycles. The molecule has 0 unspecified atom stereocenters. The Bertz CT molecular complexity index is 1420. The highest BCUT2D eigenvalue weighted by Crippen LogP contribution is 2.52. The second kappa shape index (κ2) is 9.22. The maximum Gasteiger partial charge on any atom is 0.336 e. The van der Waals surface area contributed by atoms with Crippen LogP contribution in [0, 0.1) is 43.9 Å². The van der Waals surface area contributed by atoms with Crippen molar-refractivity contribution in [3.05, 3.63) is 92.0 Å². The Balaban J connectivity index is 1.38. The molecule has 1 heterocycles. The average molecular weight is 502 g/mol. The van der Waals surface area contributed by atoms with E-state index in [0.29, 0.717) is 5.56 Å². The number of nitro groups is 2. The minimum atomic E-state index is -0.985. The first-order chi connectivity index (χ1) is 17.7. The van der Waals surface area contributed by atoms with Gasteiger partial charge in [0.05, 0.1) is 27.9 Å². The van der Waals surface area contributed by atoms with Crippen LogP contribution in [0.25, 0.3) is 6.08 Å². The van der Waals surface area contributed by atoms with Crippen molar-refractivity contribution in [3.63, 3.8) is 0 Å². The number of nitro benzene ring substituents is 2. The van der Waals surface area contributed by atoms with Crippen LogP contribution < -0.4 is 4.74 Å². The van der Waals surface area contributed by atoms with Gasteiger partial charge in [-0.2, -0.15) is 10.1 Å². The number of benzene rings is 2. The first-order valence-corrected chi connectivity index (χ1v) is 11.3. The van der Waals surface area contributed by atoms with E-state index in [-0.39, 0.29) is 23.1 Å². The zero-order valence-electron chi connectivity index (χ0n) is 19.0. The molecule has 2 aromatic carbocycles. The fourth-order valence-corrected chi connectivity index (χ4v) is 5.06. The molecule has 37 heavy (non-hydrogen) atoms. The quantitative estimate of drug-likeness (QED) is 0.0814. The number of hydrazone groups is 1. The number of fused-ring (bicyclic) bond motifs is 5. The number of non-ortho nitro benzene ring substituents is 1. The second-order valence-electron chi connectivity index (χ2n) is 8.79. The Hall–Kier alpha value is -5.00. The van der Waals surface area contributed by atoms with Crippen molar-refractivity contribution in [3.8, 4) is 5.75 Å². The van der Waals surface area contributed by atoms with Gasteiger partial charge < -0.3 is 4.74 Å². The number of carbonyl (C=O) groups is 3. The molecule has 186 valence electrons. The number of nitrogens with zero attached hydrogens (tertiary/aromatic N) is 4. The Morgan fingerprint density at radius 1 is 1.00 bits per heavy atom.